The van der Waals surface area contributed by atoms with Crippen LogP contribution < -0.4 is 4.74 Å². The number of hydrogen-bond donors (Lipinski definition) is 1. The Morgan fingerprint density at radius 1 is 0.698 bits per heavy atom. The number of ether oxygens (including phenoxy) is 2. The standard InChI is InChI=1S/C20H27NO4.C15H19NO2/c1-15(14-18(22)21-12-8-5-9-13-21)16-10-6-7-11-17(16)24-19(23)25-20(2,3)4;1-12(13-7-3-4-8-14(13)17)11-15(18)16-9-5-2-6-10-16/h6-7,10-11,14H,5,8-9,12-13H2,1-4H3;3-4,7-8,11,17H,2,5-6,9-10H2,1H3/b15-14+;12-11+. The third-order valence-electron chi connectivity index (χ3n) is 7.24. The van der Waals surface area contributed by atoms with E-state index in [9.17, 15) is 19.5 Å². The predicted molar refractivity (Wildman–Crippen MR) is 170 cm³/mol. The smallest absolute Gasteiger partial charge is 0.507 e. The van der Waals surface area contributed by atoms with Crippen LogP contribution in [0.1, 0.15) is 84.3 Å². The van der Waals surface area contributed by atoms with Crippen LogP contribution >= 0.6 is 0 Å². The molecule has 2 aliphatic heterocycles. The lowest BCUT2D eigenvalue weighted by molar-refractivity contribution is -0.127. The Morgan fingerprint density at radius 3 is 1.63 bits per heavy atom. The minimum Gasteiger partial charge on any atom is -0.507 e. The second-order valence-electron chi connectivity index (χ2n) is 12.0. The van der Waals surface area contributed by atoms with Crippen LogP contribution in [-0.2, 0) is 14.3 Å². The largest absolute Gasteiger partial charge is 0.514 e. The molecule has 2 amide bonds. The summed E-state index contributed by atoms with van der Waals surface area (Å²) in [6.45, 7) is 12.4. The molecule has 2 aliphatic rings. The number of hydrogen-bond acceptors (Lipinski definition) is 6. The highest BCUT2D eigenvalue weighted by Crippen LogP contribution is 2.27. The molecule has 2 aromatic carbocycles. The van der Waals surface area contributed by atoms with Crippen molar-refractivity contribution < 1.29 is 29.0 Å². The first kappa shape index (κ1) is 33.4. The predicted octanol–water partition coefficient (Wildman–Crippen LogP) is 7.22. The topological polar surface area (TPSA) is 96.4 Å². The number of aromatic hydroxyl groups is 1. The first-order chi connectivity index (χ1) is 20.4. The second-order valence-corrected chi connectivity index (χ2v) is 12.0. The second kappa shape index (κ2) is 16.0. The summed E-state index contributed by atoms with van der Waals surface area (Å²) in [4.78, 5) is 40.2. The Kier molecular flexibility index (Phi) is 12.4. The summed E-state index contributed by atoms with van der Waals surface area (Å²) in [6, 6.07) is 14.2. The van der Waals surface area contributed by atoms with E-state index >= 15 is 0 Å². The Hall–Kier alpha value is -4.07. The van der Waals surface area contributed by atoms with Crippen molar-refractivity contribution in [3.8, 4) is 11.5 Å². The zero-order valence-corrected chi connectivity index (χ0v) is 26.2. The summed E-state index contributed by atoms with van der Waals surface area (Å²) >= 11 is 0. The number of rotatable bonds is 5. The molecule has 8 heteroatoms. The number of carbonyl (C=O) groups is 3. The van der Waals surface area contributed by atoms with E-state index in [4.69, 9.17) is 9.47 Å². The zero-order valence-electron chi connectivity index (χ0n) is 26.2. The monoisotopic (exact) mass is 590 g/mol. The summed E-state index contributed by atoms with van der Waals surface area (Å²) in [5.74, 6) is 0.661. The van der Waals surface area contributed by atoms with Gasteiger partial charge in [0.2, 0.25) is 11.8 Å². The van der Waals surface area contributed by atoms with Gasteiger partial charge < -0.3 is 24.4 Å². The van der Waals surface area contributed by atoms with Gasteiger partial charge in [0.1, 0.15) is 17.1 Å². The summed E-state index contributed by atoms with van der Waals surface area (Å²) in [5, 5.41) is 9.74. The lowest BCUT2D eigenvalue weighted by Gasteiger charge is -2.25. The molecule has 0 aliphatic carbocycles. The molecule has 0 spiro atoms. The van der Waals surface area contributed by atoms with Gasteiger partial charge in [-0.15, -0.1) is 0 Å². The maximum atomic E-state index is 12.4. The molecular formula is C35H46N2O6. The minimum absolute atomic E-state index is 0.00395. The van der Waals surface area contributed by atoms with E-state index in [1.54, 1.807) is 57.2 Å². The number of piperidine rings is 2. The van der Waals surface area contributed by atoms with Crippen LogP contribution in [0.4, 0.5) is 4.79 Å². The molecule has 2 heterocycles. The molecule has 1 N–H and O–H groups in total. The van der Waals surface area contributed by atoms with E-state index in [0.717, 1.165) is 68.6 Å². The highest BCUT2D eigenvalue weighted by atomic mass is 16.7. The fraction of sp³-hybridized carbons (Fsp3) is 0.457. The number of para-hydroxylation sites is 2. The maximum absolute atomic E-state index is 12.4. The minimum atomic E-state index is -0.755. The van der Waals surface area contributed by atoms with Crippen LogP contribution in [0.2, 0.25) is 0 Å². The van der Waals surface area contributed by atoms with Gasteiger partial charge in [0.15, 0.2) is 0 Å². The molecule has 0 saturated carbocycles. The quantitative estimate of drug-likeness (QED) is 0.224. The van der Waals surface area contributed by atoms with Crippen molar-refractivity contribution in [2.75, 3.05) is 26.2 Å². The van der Waals surface area contributed by atoms with Crippen molar-refractivity contribution in [1.82, 2.24) is 9.80 Å². The first-order valence-corrected chi connectivity index (χ1v) is 15.2. The van der Waals surface area contributed by atoms with Crippen molar-refractivity contribution in [3.63, 3.8) is 0 Å². The average molecular weight is 591 g/mol. The van der Waals surface area contributed by atoms with Crippen molar-refractivity contribution in [3.05, 3.63) is 71.8 Å². The van der Waals surface area contributed by atoms with Crippen LogP contribution in [0, 0.1) is 0 Å². The van der Waals surface area contributed by atoms with Gasteiger partial charge >= 0.3 is 6.16 Å². The number of phenols is 1. The van der Waals surface area contributed by atoms with E-state index in [2.05, 4.69) is 0 Å². The summed E-state index contributed by atoms with van der Waals surface area (Å²) in [7, 11) is 0. The third-order valence-corrected chi connectivity index (χ3v) is 7.24. The average Bonchev–Trinajstić information content (AvgIpc) is 2.97. The number of likely N-dealkylation sites (tertiary alicyclic amines) is 2. The van der Waals surface area contributed by atoms with Gasteiger partial charge in [-0.25, -0.2) is 4.79 Å². The van der Waals surface area contributed by atoms with Gasteiger partial charge in [-0.1, -0.05) is 36.4 Å². The fourth-order valence-electron chi connectivity index (χ4n) is 4.99. The van der Waals surface area contributed by atoms with Crippen molar-refractivity contribution >= 4 is 29.1 Å². The Labute approximate surface area is 256 Å². The van der Waals surface area contributed by atoms with Crippen molar-refractivity contribution in [2.24, 2.45) is 0 Å². The molecular weight excluding hydrogens is 544 g/mol. The number of allylic oxidation sites excluding steroid dienone is 2. The normalized spacial score (nSPS) is 16.1. The number of phenolic OH excluding ortho intramolecular Hbond substituents is 1. The van der Waals surface area contributed by atoms with Gasteiger partial charge in [-0.3, -0.25) is 9.59 Å². The van der Waals surface area contributed by atoms with Crippen molar-refractivity contribution in [1.29, 1.82) is 0 Å². The van der Waals surface area contributed by atoms with E-state index in [-0.39, 0.29) is 17.6 Å². The van der Waals surface area contributed by atoms with Gasteiger partial charge in [-0.05, 0) is 96.4 Å². The molecule has 8 nitrogen and oxygen atoms in total. The summed E-state index contributed by atoms with van der Waals surface area (Å²) in [6.07, 6.45) is 9.17. The Balaban J connectivity index is 0.000000248. The SMILES string of the molecule is C/C(=C\C(=O)N1CCCCC1)c1ccccc1O.C/C(=C\C(=O)N1CCCCC1)c1ccccc1OC(=O)OC(C)(C)C. The fourth-order valence-corrected chi connectivity index (χ4v) is 4.99. The summed E-state index contributed by atoms with van der Waals surface area (Å²) < 4.78 is 10.5. The van der Waals surface area contributed by atoms with Crippen LogP contribution in [0.3, 0.4) is 0 Å². The van der Waals surface area contributed by atoms with Gasteiger partial charge in [0, 0.05) is 49.5 Å². The molecule has 0 atom stereocenters. The van der Waals surface area contributed by atoms with Crippen LogP contribution in [-0.4, -0.2) is 64.7 Å². The van der Waals surface area contributed by atoms with E-state index in [0.29, 0.717) is 11.3 Å². The molecule has 0 aromatic heterocycles. The van der Waals surface area contributed by atoms with Gasteiger partial charge in [-0.2, -0.15) is 0 Å². The lowest BCUT2D eigenvalue weighted by Crippen LogP contribution is -2.34. The highest BCUT2D eigenvalue weighted by molar-refractivity contribution is 5.96. The van der Waals surface area contributed by atoms with Crippen LogP contribution in [0.25, 0.3) is 11.1 Å². The molecule has 4 rings (SSSR count). The number of benzene rings is 2. The van der Waals surface area contributed by atoms with Crippen LogP contribution in [0.5, 0.6) is 11.5 Å². The Bertz CT molecular complexity index is 1310. The van der Waals surface area contributed by atoms with Crippen molar-refractivity contribution in [2.45, 2.75) is 78.7 Å². The van der Waals surface area contributed by atoms with Gasteiger partial charge in [0.25, 0.3) is 0 Å². The van der Waals surface area contributed by atoms with Gasteiger partial charge in [0.05, 0.1) is 0 Å². The summed E-state index contributed by atoms with van der Waals surface area (Å²) in [5.41, 5.74) is 2.38. The molecule has 0 unspecified atom stereocenters. The lowest BCUT2D eigenvalue weighted by atomic mass is 10.1. The molecule has 0 bridgehead atoms. The molecule has 0 radical (unpaired) electrons. The molecule has 43 heavy (non-hydrogen) atoms. The third kappa shape index (κ3) is 10.9. The van der Waals surface area contributed by atoms with Crippen LogP contribution in [0.15, 0.2) is 60.7 Å². The molecule has 2 fully saturated rings. The van der Waals surface area contributed by atoms with E-state index in [1.165, 1.54) is 12.8 Å². The number of carbonyl (C=O) groups excluding carboxylic acids is 3. The number of nitrogens with zero attached hydrogens (tertiary/aromatic N) is 2. The molecule has 232 valence electrons. The molecule has 2 saturated heterocycles. The zero-order chi connectivity index (χ0) is 31.4. The highest BCUT2D eigenvalue weighted by Gasteiger charge is 2.20. The van der Waals surface area contributed by atoms with E-state index in [1.807, 2.05) is 47.9 Å². The maximum Gasteiger partial charge on any atom is 0.514 e. The number of amides is 2. The Morgan fingerprint density at radius 2 is 1.14 bits per heavy atom. The molecule has 2 aromatic rings. The van der Waals surface area contributed by atoms with E-state index < -0.39 is 11.8 Å². The first-order valence-electron chi connectivity index (χ1n) is 15.2.